The van der Waals surface area contributed by atoms with E-state index in [1.54, 1.807) is 0 Å². The lowest BCUT2D eigenvalue weighted by molar-refractivity contribution is 0.190. The van der Waals surface area contributed by atoms with E-state index in [-0.39, 0.29) is 6.04 Å². The van der Waals surface area contributed by atoms with Gasteiger partial charge in [0.25, 0.3) is 0 Å². The van der Waals surface area contributed by atoms with Crippen LogP contribution in [-0.4, -0.2) is 72.0 Å². The molecule has 1 atom stereocenters. The molecule has 0 saturated carbocycles. The summed E-state index contributed by atoms with van der Waals surface area (Å²) < 4.78 is 5.38. The van der Waals surface area contributed by atoms with Gasteiger partial charge < -0.3 is 14.7 Å². The number of hydrogen-bond donors (Lipinski definition) is 1. The molecule has 1 aromatic heterocycles. The second-order valence-corrected chi connectivity index (χ2v) is 6.43. The third kappa shape index (κ3) is 4.95. The van der Waals surface area contributed by atoms with Crippen LogP contribution in [0.15, 0.2) is 4.52 Å². The van der Waals surface area contributed by atoms with Crippen molar-refractivity contribution in [1.29, 1.82) is 0 Å². The van der Waals surface area contributed by atoms with Gasteiger partial charge in [-0.05, 0) is 20.1 Å². The van der Waals surface area contributed by atoms with E-state index in [2.05, 4.69) is 46.2 Å². The molecule has 21 heavy (non-hydrogen) atoms. The van der Waals surface area contributed by atoms with Crippen molar-refractivity contribution in [1.82, 2.24) is 25.3 Å². The topological polar surface area (TPSA) is 57.4 Å². The number of likely N-dealkylation sites (N-methyl/N-ethyl adjacent to an activating group) is 1. The molecular weight excluding hydrogens is 286 g/mol. The van der Waals surface area contributed by atoms with Gasteiger partial charge >= 0.3 is 0 Å². The van der Waals surface area contributed by atoms with Crippen LogP contribution in [0.25, 0.3) is 0 Å². The largest absolute Gasteiger partial charge is 0.338 e. The van der Waals surface area contributed by atoms with Crippen molar-refractivity contribution in [2.45, 2.75) is 25.6 Å². The van der Waals surface area contributed by atoms with Crippen LogP contribution in [0.4, 0.5) is 0 Å². The zero-order valence-corrected chi connectivity index (χ0v) is 14.2. The maximum Gasteiger partial charge on any atom is 0.236 e. The first-order chi connectivity index (χ1) is 10.2. The third-order valence-corrected chi connectivity index (χ3v) is 4.89. The maximum absolute atomic E-state index is 5.38. The van der Waals surface area contributed by atoms with Crippen molar-refractivity contribution in [2.24, 2.45) is 0 Å². The molecule has 7 heteroatoms. The zero-order valence-electron chi connectivity index (χ0n) is 13.3. The SMILES string of the molecule is CCN(CC)CCSCc1nc(C2CNCCN2C)no1. The van der Waals surface area contributed by atoms with Crippen LogP contribution in [0.2, 0.25) is 0 Å². The average Bonchev–Trinajstić information content (AvgIpc) is 2.96. The third-order valence-electron chi connectivity index (χ3n) is 3.96. The fourth-order valence-electron chi connectivity index (χ4n) is 2.45. The molecule has 1 fully saturated rings. The van der Waals surface area contributed by atoms with E-state index in [0.717, 1.165) is 62.5 Å². The van der Waals surface area contributed by atoms with E-state index < -0.39 is 0 Å². The van der Waals surface area contributed by atoms with Gasteiger partial charge in [-0.1, -0.05) is 19.0 Å². The Bertz CT molecular complexity index is 410. The molecule has 1 aliphatic rings. The molecule has 1 saturated heterocycles. The molecule has 0 aliphatic carbocycles. The summed E-state index contributed by atoms with van der Waals surface area (Å²) in [5.41, 5.74) is 0. The van der Waals surface area contributed by atoms with E-state index in [1.807, 2.05) is 11.8 Å². The van der Waals surface area contributed by atoms with E-state index >= 15 is 0 Å². The Morgan fingerprint density at radius 3 is 2.95 bits per heavy atom. The second-order valence-electron chi connectivity index (χ2n) is 5.33. The maximum atomic E-state index is 5.38. The summed E-state index contributed by atoms with van der Waals surface area (Å²) in [5.74, 6) is 3.46. The highest BCUT2D eigenvalue weighted by atomic mass is 32.2. The summed E-state index contributed by atoms with van der Waals surface area (Å²) in [7, 11) is 2.11. The van der Waals surface area contributed by atoms with Crippen molar-refractivity contribution < 1.29 is 4.52 Å². The Hall–Kier alpha value is -0.630. The normalized spacial score (nSPS) is 20.3. The minimum atomic E-state index is 0.233. The van der Waals surface area contributed by atoms with Gasteiger partial charge in [0.15, 0.2) is 5.82 Å². The molecule has 1 unspecified atom stereocenters. The van der Waals surface area contributed by atoms with Gasteiger partial charge in [-0.3, -0.25) is 4.90 Å². The molecule has 1 aromatic rings. The Morgan fingerprint density at radius 1 is 1.43 bits per heavy atom. The number of hydrogen-bond acceptors (Lipinski definition) is 7. The number of rotatable bonds is 8. The van der Waals surface area contributed by atoms with Crippen LogP contribution >= 0.6 is 11.8 Å². The van der Waals surface area contributed by atoms with Crippen molar-refractivity contribution in [3.05, 3.63) is 11.7 Å². The molecule has 120 valence electrons. The monoisotopic (exact) mass is 313 g/mol. The van der Waals surface area contributed by atoms with Gasteiger partial charge in [0.2, 0.25) is 5.89 Å². The van der Waals surface area contributed by atoms with Crippen molar-refractivity contribution >= 4 is 11.8 Å². The summed E-state index contributed by atoms with van der Waals surface area (Å²) in [6, 6.07) is 0.233. The second kappa shape index (κ2) is 8.73. The summed E-state index contributed by atoms with van der Waals surface area (Å²) >= 11 is 1.86. The molecule has 6 nitrogen and oxygen atoms in total. The van der Waals surface area contributed by atoms with Crippen molar-refractivity contribution in [2.75, 3.05) is 52.1 Å². The summed E-state index contributed by atoms with van der Waals surface area (Å²) in [5, 5.41) is 7.52. The molecule has 1 aliphatic heterocycles. The van der Waals surface area contributed by atoms with Crippen molar-refractivity contribution in [3.8, 4) is 0 Å². The van der Waals surface area contributed by atoms with Gasteiger partial charge in [-0.2, -0.15) is 16.7 Å². The smallest absolute Gasteiger partial charge is 0.236 e. The number of nitrogens with zero attached hydrogens (tertiary/aromatic N) is 4. The van der Waals surface area contributed by atoms with Gasteiger partial charge in [0.1, 0.15) is 0 Å². The van der Waals surface area contributed by atoms with E-state index in [9.17, 15) is 0 Å². The molecule has 0 bridgehead atoms. The minimum absolute atomic E-state index is 0.233. The Labute approximate surface area is 131 Å². The quantitative estimate of drug-likeness (QED) is 0.724. The number of thioether (sulfide) groups is 1. The first kappa shape index (κ1) is 16.7. The standard InChI is InChI=1S/C14H27N5OS/c1-4-19(5-2)8-9-21-11-13-16-14(17-20-13)12-10-15-6-7-18(12)3/h12,15H,4-11H2,1-3H3. The lowest BCUT2D eigenvalue weighted by atomic mass is 10.2. The first-order valence-electron chi connectivity index (χ1n) is 7.78. The summed E-state index contributed by atoms with van der Waals surface area (Å²) in [6.07, 6.45) is 0. The summed E-state index contributed by atoms with van der Waals surface area (Å²) in [6.45, 7) is 10.7. The van der Waals surface area contributed by atoms with Gasteiger partial charge in [-0.15, -0.1) is 0 Å². The fraction of sp³-hybridized carbons (Fsp3) is 0.857. The van der Waals surface area contributed by atoms with Gasteiger partial charge in [-0.25, -0.2) is 0 Å². The van der Waals surface area contributed by atoms with E-state index in [0.29, 0.717) is 0 Å². The van der Waals surface area contributed by atoms with Gasteiger partial charge in [0, 0.05) is 31.9 Å². The first-order valence-corrected chi connectivity index (χ1v) is 8.93. The lowest BCUT2D eigenvalue weighted by Gasteiger charge is -2.30. The predicted molar refractivity (Wildman–Crippen MR) is 86.5 cm³/mol. The van der Waals surface area contributed by atoms with Gasteiger partial charge in [0.05, 0.1) is 11.8 Å². The average molecular weight is 313 g/mol. The van der Waals surface area contributed by atoms with Crippen LogP contribution in [-0.2, 0) is 5.75 Å². The highest BCUT2D eigenvalue weighted by Gasteiger charge is 2.25. The van der Waals surface area contributed by atoms with Crippen LogP contribution in [0.3, 0.4) is 0 Å². The highest BCUT2D eigenvalue weighted by molar-refractivity contribution is 7.98. The number of nitrogens with one attached hydrogen (secondary N) is 1. The minimum Gasteiger partial charge on any atom is -0.338 e. The molecule has 1 N–H and O–H groups in total. The van der Waals surface area contributed by atoms with Crippen molar-refractivity contribution in [3.63, 3.8) is 0 Å². The molecular formula is C14H27N5OS. The van der Waals surface area contributed by atoms with E-state index in [1.165, 1.54) is 0 Å². The van der Waals surface area contributed by atoms with E-state index in [4.69, 9.17) is 4.52 Å². The summed E-state index contributed by atoms with van der Waals surface area (Å²) in [4.78, 5) is 9.25. The Morgan fingerprint density at radius 2 is 2.24 bits per heavy atom. The molecule has 0 radical (unpaired) electrons. The molecule has 0 aromatic carbocycles. The Balaban J connectivity index is 1.75. The van der Waals surface area contributed by atoms with Crippen LogP contribution in [0.1, 0.15) is 31.6 Å². The van der Waals surface area contributed by atoms with Crippen LogP contribution in [0.5, 0.6) is 0 Å². The predicted octanol–water partition coefficient (Wildman–Crippen LogP) is 1.22. The number of aromatic nitrogens is 2. The zero-order chi connectivity index (χ0) is 15.1. The van der Waals surface area contributed by atoms with Crippen LogP contribution in [0, 0.1) is 0 Å². The molecule has 0 spiro atoms. The lowest BCUT2D eigenvalue weighted by Crippen LogP contribution is -2.44. The molecule has 0 amide bonds. The fourth-order valence-corrected chi connectivity index (χ4v) is 3.27. The van der Waals surface area contributed by atoms with Crippen LogP contribution < -0.4 is 5.32 Å². The molecule has 2 rings (SSSR count). The number of piperazine rings is 1. The Kier molecular flexibility index (Phi) is 6.95. The molecule has 2 heterocycles. The highest BCUT2D eigenvalue weighted by Crippen LogP contribution is 2.19.